The zero-order chi connectivity index (χ0) is 10.1. The Morgan fingerprint density at radius 2 is 2.12 bits per heavy atom. The van der Waals surface area contributed by atoms with Gasteiger partial charge in [0.15, 0.2) is 0 Å². The molecule has 0 amide bonds. The van der Waals surface area contributed by atoms with Crippen LogP contribution in [-0.2, 0) is 0 Å². The van der Waals surface area contributed by atoms with Crippen LogP contribution in [0.2, 0.25) is 0 Å². The summed E-state index contributed by atoms with van der Waals surface area (Å²) in [6, 6.07) is 8.13. The molecule has 3 rings (SSSR count). The summed E-state index contributed by atoms with van der Waals surface area (Å²) in [5.74, 6) is 0. The van der Waals surface area contributed by atoms with Crippen molar-refractivity contribution in [2.75, 3.05) is 13.1 Å². The minimum Gasteiger partial charge on any atom is -0.465 e. The molecule has 0 spiro atoms. The standard InChI is InChI=1S/C11H12N2OS.2ClH/c1-2-4-10-9(3-1)13-11(15-10)14-8-5-6-12-7-8;;/h1-4,8,12H,5-7H2;2*1H. The third-order valence-electron chi connectivity index (χ3n) is 2.56. The van der Waals surface area contributed by atoms with Crippen LogP contribution >= 0.6 is 36.2 Å². The summed E-state index contributed by atoms with van der Waals surface area (Å²) in [7, 11) is 0. The van der Waals surface area contributed by atoms with E-state index in [2.05, 4.69) is 16.4 Å². The zero-order valence-electron chi connectivity index (χ0n) is 9.09. The summed E-state index contributed by atoms with van der Waals surface area (Å²) in [6.07, 6.45) is 1.38. The largest absolute Gasteiger partial charge is 0.465 e. The van der Waals surface area contributed by atoms with Crippen molar-refractivity contribution in [1.82, 2.24) is 10.3 Å². The maximum Gasteiger partial charge on any atom is 0.274 e. The van der Waals surface area contributed by atoms with Crippen molar-refractivity contribution >= 4 is 46.4 Å². The molecule has 3 nitrogen and oxygen atoms in total. The molecule has 1 fully saturated rings. The summed E-state index contributed by atoms with van der Waals surface area (Å²) in [4.78, 5) is 4.44. The van der Waals surface area contributed by atoms with E-state index in [0.29, 0.717) is 6.10 Å². The van der Waals surface area contributed by atoms with Crippen molar-refractivity contribution in [3.05, 3.63) is 24.3 Å². The van der Waals surface area contributed by atoms with Crippen LogP contribution in [-0.4, -0.2) is 24.2 Å². The number of thiazole rings is 1. The second kappa shape index (κ2) is 6.40. The van der Waals surface area contributed by atoms with Crippen LogP contribution in [0, 0.1) is 0 Å². The van der Waals surface area contributed by atoms with Crippen molar-refractivity contribution < 1.29 is 4.74 Å². The quantitative estimate of drug-likeness (QED) is 0.924. The maximum absolute atomic E-state index is 5.81. The number of halogens is 2. The molecule has 17 heavy (non-hydrogen) atoms. The number of nitrogens with zero attached hydrogens (tertiary/aromatic N) is 1. The molecule has 6 heteroatoms. The molecule has 2 heterocycles. The SMILES string of the molecule is Cl.Cl.c1ccc2sc(OC3CCNC3)nc2c1. The summed E-state index contributed by atoms with van der Waals surface area (Å²) in [6.45, 7) is 1.99. The van der Waals surface area contributed by atoms with Gasteiger partial charge in [0.05, 0.1) is 10.2 Å². The molecule has 1 aromatic carbocycles. The van der Waals surface area contributed by atoms with Gasteiger partial charge in [-0.3, -0.25) is 0 Å². The highest BCUT2D eigenvalue weighted by Crippen LogP contribution is 2.28. The maximum atomic E-state index is 5.81. The smallest absolute Gasteiger partial charge is 0.274 e. The molecule has 2 aromatic rings. The van der Waals surface area contributed by atoms with Gasteiger partial charge in [-0.05, 0) is 25.1 Å². The number of hydrogen-bond donors (Lipinski definition) is 1. The Hall–Kier alpha value is -0.550. The van der Waals surface area contributed by atoms with Crippen molar-refractivity contribution in [3.8, 4) is 5.19 Å². The van der Waals surface area contributed by atoms with Gasteiger partial charge in [0.1, 0.15) is 6.10 Å². The van der Waals surface area contributed by atoms with E-state index in [1.807, 2.05) is 18.2 Å². The molecule has 1 unspecified atom stereocenters. The van der Waals surface area contributed by atoms with Gasteiger partial charge in [0.25, 0.3) is 5.19 Å². The Labute approximate surface area is 116 Å². The van der Waals surface area contributed by atoms with E-state index < -0.39 is 0 Å². The number of nitrogens with one attached hydrogen (secondary N) is 1. The second-order valence-corrected chi connectivity index (χ2v) is 4.67. The lowest BCUT2D eigenvalue weighted by molar-refractivity contribution is 0.222. The molecule has 1 aromatic heterocycles. The lowest BCUT2D eigenvalue weighted by atomic mass is 10.3. The number of rotatable bonds is 2. The van der Waals surface area contributed by atoms with E-state index in [9.17, 15) is 0 Å². The number of benzene rings is 1. The van der Waals surface area contributed by atoms with Crippen LogP contribution in [0.5, 0.6) is 5.19 Å². The number of para-hydroxylation sites is 1. The summed E-state index contributed by atoms with van der Waals surface area (Å²) in [5.41, 5.74) is 1.03. The van der Waals surface area contributed by atoms with Crippen LogP contribution in [0.3, 0.4) is 0 Å². The molecule has 1 aliphatic heterocycles. The van der Waals surface area contributed by atoms with Crippen molar-refractivity contribution in [3.63, 3.8) is 0 Å². The van der Waals surface area contributed by atoms with Gasteiger partial charge in [0, 0.05) is 6.54 Å². The van der Waals surface area contributed by atoms with Gasteiger partial charge in [-0.15, -0.1) is 24.8 Å². The molecule has 1 aliphatic rings. The fourth-order valence-corrected chi connectivity index (χ4v) is 2.65. The molecule has 0 bridgehead atoms. The molecule has 0 saturated carbocycles. The minimum atomic E-state index is 0. The first-order valence-corrected chi connectivity index (χ1v) is 5.96. The van der Waals surface area contributed by atoms with Gasteiger partial charge in [-0.2, -0.15) is 0 Å². The Bertz CT molecular complexity index is 438. The van der Waals surface area contributed by atoms with E-state index in [4.69, 9.17) is 4.74 Å². The number of aromatic nitrogens is 1. The van der Waals surface area contributed by atoms with Gasteiger partial charge in [-0.1, -0.05) is 23.5 Å². The lowest BCUT2D eigenvalue weighted by Crippen LogP contribution is -2.19. The molecule has 0 aliphatic carbocycles. The normalized spacial score (nSPS) is 18.5. The summed E-state index contributed by atoms with van der Waals surface area (Å²) in [5, 5.41) is 4.07. The second-order valence-electron chi connectivity index (χ2n) is 3.68. The highest BCUT2D eigenvalue weighted by molar-refractivity contribution is 7.20. The van der Waals surface area contributed by atoms with Crippen LogP contribution in [0.25, 0.3) is 10.2 Å². The highest BCUT2D eigenvalue weighted by Gasteiger charge is 2.17. The monoisotopic (exact) mass is 292 g/mol. The highest BCUT2D eigenvalue weighted by atomic mass is 35.5. The molecule has 0 radical (unpaired) electrons. The Morgan fingerprint density at radius 1 is 1.29 bits per heavy atom. The minimum absolute atomic E-state index is 0. The van der Waals surface area contributed by atoms with Crippen LogP contribution in [0.1, 0.15) is 6.42 Å². The molecule has 1 saturated heterocycles. The van der Waals surface area contributed by atoms with Gasteiger partial charge >= 0.3 is 0 Å². The molecular weight excluding hydrogens is 279 g/mol. The summed E-state index contributed by atoms with van der Waals surface area (Å²) < 4.78 is 7.00. The fourth-order valence-electron chi connectivity index (χ4n) is 1.77. The Morgan fingerprint density at radius 3 is 2.82 bits per heavy atom. The predicted octanol–water partition coefficient (Wildman–Crippen LogP) is 2.88. The number of fused-ring (bicyclic) bond motifs is 1. The lowest BCUT2D eigenvalue weighted by Gasteiger charge is -2.07. The first-order chi connectivity index (χ1) is 7.42. The van der Waals surface area contributed by atoms with Crippen LogP contribution < -0.4 is 10.1 Å². The first-order valence-electron chi connectivity index (χ1n) is 5.15. The van der Waals surface area contributed by atoms with Crippen molar-refractivity contribution in [2.45, 2.75) is 12.5 Å². The Kier molecular flexibility index (Phi) is 5.46. The number of hydrogen-bond acceptors (Lipinski definition) is 4. The molecular formula is C11H14Cl2N2OS. The summed E-state index contributed by atoms with van der Waals surface area (Å²) >= 11 is 1.62. The molecule has 94 valence electrons. The number of ether oxygens (including phenoxy) is 1. The Balaban J connectivity index is 0.000000722. The molecule has 1 N–H and O–H groups in total. The van der Waals surface area contributed by atoms with E-state index in [1.54, 1.807) is 11.3 Å². The van der Waals surface area contributed by atoms with Crippen LogP contribution in [0.15, 0.2) is 24.3 Å². The third kappa shape index (κ3) is 3.22. The van der Waals surface area contributed by atoms with E-state index in [0.717, 1.165) is 30.2 Å². The zero-order valence-corrected chi connectivity index (χ0v) is 11.5. The van der Waals surface area contributed by atoms with Gasteiger partial charge < -0.3 is 10.1 Å². The predicted molar refractivity (Wildman–Crippen MR) is 76.0 cm³/mol. The van der Waals surface area contributed by atoms with E-state index >= 15 is 0 Å². The van der Waals surface area contributed by atoms with Crippen molar-refractivity contribution in [2.24, 2.45) is 0 Å². The fraction of sp³-hybridized carbons (Fsp3) is 0.364. The topological polar surface area (TPSA) is 34.1 Å². The van der Waals surface area contributed by atoms with Crippen LogP contribution in [0.4, 0.5) is 0 Å². The third-order valence-corrected chi connectivity index (χ3v) is 3.48. The first kappa shape index (κ1) is 14.5. The van der Waals surface area contributed by atoms with Gasteiger partial charge in [0.2, 0.25) is 0 Å². The van der Waals surface area contributed by atoms with E-state index in [1.165, 1.54) is 4.70 Å². The average Bonchev–Trinajstić information content (AvgIpc) is 2.86. The van der Waals surface area contributed by atoms with Gasteiger partial charge in [-0.25, -0.2) is 4.98 Å². The molecule has 1 atom stereocenters. The van der Waals surface area contributed by atoms with E-state index in [-0.39, 0.29) is 24.8 Å². The average molecular weight is 293 g/mol. The van der Waals surface area contributed by atoms with Crippen molar-refractivity contribution in [1.29, 1.82) is 0 Å².